The van der Waals surface area contributed by atoms with Gasteiger partial charge < -0.3 is 10.2 Å². The van der Waals surface area contributed by atoms with E-state index in [1.165, 1.54) is 3.57 Å². The molecular formula is C15H19IN2O2. The number of rotatable bonds is 3. The van der Waals surface area contributed by atoms with E-state index in [9.17, 15) is 9.59 Å². The molecule has 1 aliphatic rings. The molecule has 1 atom stereocenters. The molecule has 2 amide bonds. The van der Waals surface area contributed by atoms with Crippen molar-refractivity contribution in [3.8, 4) is 0 Å². The lowest BCUT2D eigenvalue weighted by Gasteiger charge is -2.26. The molecule has 1 aromatic rings. The van der Waals surface area contributed by atoms with Crippen LogP contribution in [-0.4, -0.2) is 29.3 Å². The highest BCUT2D eigenvalue weighted by atomic mass is 127. The molecule has 1 N–H and O–H groups in total. The Morgan fingerprint density at radius 1 is 1.30 bits per heavy atom. The Morgan fingerprint density at radius 3 is 2.55 bits per heavy atom. The predicted octanol–water partition coefficient (Wildman–Crippen LogP) is 2.16. The van der Waals surface area contributed by atoms with Gasteiger partial charge in [-0.25, -0.2) is 0 Å². The van der Waals surface area contributed by atoms with Gasteiger partial charge in [-0.2, -0.15) is 0 Å². The number of hydrogen-bond donors (Lipinski definition) is 1. The van der Waals surface area contributed by atoms with Gasteiger partial charge in [0.05, 0.1) is 0 Å². The predicted molar refractivity (Wildman–Crippen MR) is 86.0 cm³/mol. The smallest absolute Gasteiger partial charge is 0.245 e. The monoisotopic (exact) mass is 386 g/mol. The third-order valence-corrected chi connectivity index (χ3v) is 4.18. The van der Waals surface area contributed by atoms with Crippen LogP contribution in [0.4, 0.5) is 0 Å². The van der Waals surface area contributed by atoms with Crippen molar-refractivity contribution in [1.82, 2.24) is 10.2 Å². The van der Waals surface area contributed by atoms with Crippen LogP contribution in [0.2, 0.25) is 0 Å². The number of amides is 2. The first kappa shape index (κ1) is 15.3. The van der Waals surface area contributed by atoms with Gasteiger partial charge in [0, 0.05) is 23.1 Å². The molecule has 1 fully saturated rings. The van der Waals surface area contributed by atoms with Crippen LogP contribution in [0.3, 0.4) is 0 Å². The van der Waals surface area contributed by atoms with E-state index in [0.29, 0.717) is 19.5 Å². The molecule has 108 valence electrons. The molecule has 1 unspecified atom stereocenters. The third kappa shape index (κ3) is 3.71. The lowest BCUT2D eigenvalue weighted by Crippen LogP contribution is -2.47. The first-order valence-electron chi connectivity index (χ1n) is 6.80. The summed E-state index contributed by atoms with van der Waals surface area (Å²) in [5.74, 6) is 0.0790. The second-order valence-corrected chi connectivity index (χ2v) is 6.67. The second kappa shape index (κ2) is 6.56. The Morgan fingerprint density at radius 2 is 1.95 bits per heavy atom. The lowest BCUT2D eigenvalue weighted by atomic mass is 10.0. The minimum absolute atomic E-state index is 0.0180. The largest absolute Gasteiger partial charge is 0.344 e. The number of halogens is 1. The van der Waals surface area contributed by atoms with Gasteiger partial charge in [-0.1, -0.05) is 26.0 Å². The van der Waals surface area contributed by atoms with Crippen molar-refractivity contribution in [3.05, 3.63) is 33.4 Å². The van der Waals surface area contributed by atoms with Gasteiger partial charge in [-0.15, -0.1) is 0 Å². The van der Waals surface area contributed by atoms with Crippen LogP contribution in [0.5, 0.6) is 0 Å². The van der Waals surface area contributed by atoms with Crippen molar-refractivity contribution in [2.45, 2.75) is 32.9 Å². The Hall–Kier alpha value is -1.11. The van der Waals surface area contributed by atoms with Crippen molar-refractivity contribution in [1.29, 1.82) is 0 Å². The van der Waals surface area contributed by atoms with E-state index in [0.717, 1.165) is 5.56 Å². The number of hydrogen-bond acceptors (Lipinski definition) is 2. The highest BCUT2D eigenvalue weighted by Crippen LogP contribution is 2.15. The maximum Gasteiger partial charge on any atom is 0.245 e. The average molecular weight is 386 g/mol. The Kier molecular flexibility index (Phi) is 5.01. The first-order valence-corrected chi connectivity index (χ1v) is 7.88. The topological polar surface area (TPSA) is 49.4 Å². The van der Waals surface area contributed by atoms with Crippen LogP contribution in [0.1, 0.15) is 25.8 Å². The zero-order valence-corrected chi connectivity index (χ0v) is 13.9. The Labute approximate surface area is 133 Å². The normalized spacial score (nSPS) is 20.0. The number of carbonyl (C=O) groups excluding carboxylic acids is 2. The summed E-state index contributed by atoms with van der Waals surface area (Å²) in [5, 5.41) is 2.82. The fourth-order valence-electron chi connectivity index (χ4n) is 2.27. The average Bonchev–Trinajstić information content (AvgIpc) is 2.54. The van der Waals surface area contributed by atoms with Gasteiger partial charge in [0.25, 0.3) is 0 Å². The molecule has 1 saturated heterocycles. The van der Waals surface area contributed by atoms with Crippen LogP contribution in [-0.2, 0) is 16.1 Å². The molecule has 1 aromatic carbocycles. The van der Waals surface area contributed by atoms with Crippen LogP contribution in [0.25, 0.3) is 0 Å². The molecule has 1 aliphatic heterocycles. The summed E-state index contributed by atoms with van der Waals surface area (Å²) in [6.07, 6.45) is 0.374. The quantitative estimate of drug-likeness (QED) is 0.810. The fraction of sp³-hybridized carbons (Fsp3) is 0.467. The molecule has 0 aromatic heterocycles. The number of carbonyl (C=O) groups is 2. The Bertz CT molecular complexity index is 499. The van der Waals surface area contributed by atoms with E-state index in [4.69, 9.17) is 0 Å². The molecular weight excluding hydrogens is 367 g/mol. The highest BCUT2D eigenvalue weighted by molar-refractivity contribution is 14.1. The maximum atomic E-state index is 12.5. The zero-order valence-electron chi connectivity index (χ0n) is 11.7. The SMILES string of the molecule is CC(C)C1NC(=O)CCN(Cc2ccc(I)cc2)C1=O. The summed E-state index contributed by atoms with van der Waals surface area (Å²) >= 11 is 2.26. The van der Waals surface area contributed by atoms with Crippen molar-refractivity contribution in [2.75, 3.05) is 6.54 Å². The van der Waals surface area contributed by atoms with Crippen LogP contribution in [0, 0.1) is 9.49 Å². The van der Waals surface area contributed by atoms with Crippen molar-refractivity contribution in [2.24, 2.45) is 5.92 Å². The number of nitrogens with one attached hydrogen (secondary N) is 1. The molecule has 0 aliphatic carbocycles. The first-order chi connectivity index (χ1) is 9.47. The van der Waals surface area contributed by atoms with Crippen molar-refractivity contribution >= 4 is 34.4 Å². The summed E-state index contributed by atoms with van der Waals surface area (Å²) in [5.41, 5.74) is 1.09. The van der Waals surface area contributed by atoms with Gasteiger partial charge >= 0.3 is 0 Å². The Balaban J connectivity index is 2.14. The standard InChI is InChI=1S/C15H19IN2O2/c1-10(2)14-15(20)18(8-7-13(19)17-14)9-11-3-5-12(16)6-4-11/h3-6,10,14H,7-9H2,1-2H3,(H,17,19). The number of nitrogens with zero attached hydrogens (tertiary/aromatic N) is 1. The molecule has 2 rings (SSSR count). The van der Waals surface area contributed by atoms with Crippen molar-refractivity contribution in [3.63, 3.8) is 0 Å². The zero-order chi connectivity index (χ0) is 14.7. The van der Waals surface area contributed by atoms with Gasteiger partial charge in [0.1, 0.15) is 6.04 Å². The highest BCUT2D eigenvalue weighted by Gasteiger charge is 2.31. The summed E-state index contributed by atoms with van der Waals surface area (Å²) in [6.45, 7) is 4.96. The van der Waals surface area contributed by atoms with E-state index in [1.54, 1.807) is 4.90 Å². The molecule has 1 heterocycles. The lowest BCUT2D eigenvalue weighted by molar-refractivity contribution is -0.135. The molecule has 20 heavy (non-hydrogen) atoms. The van der Waals surface area contributed by atoms with Gasteiger partial charge in [-0.05, 0) is 46.2 Å². The summed E-state index contributed by atoms with van der Waals surface area (Å²) in [4.78, 5) is 26.0. The van der Waals surface area contributed by atoms with Crippen LogP contribution >= 0.6 is 22.6 Å². The van der Waals surface area contributed by atoms with Gasteiger partial charge in [-0.3, -0.25) is 9.59 Å². The van der Waals surface area contributed by atoms with Crippen LogP contribution < -0.4 is 5.32 Å². The van der Waals surface area contributed by atoms with E-state index in [2.05, 4.69) is 27.9 Å². The molecule has 5 heteroatoms. The number of benzene rings is 1. The van der Waals surface area contributed by atoms with E-state index in [-0.39, 0.29) is 17.7 Å². The summed E-state index contributed by atoms with van der Waals surface area (Å²) in [7, 11) is 0. The minimum atomic E-state index is -0.408. The summed E-state index contributed by atoms with van der Waals surface area (Å²) < 4.78 is 1.17. The van der Waals surface area contributed by atoms with Gasteiger partial charge in [0.15, 0.2) is 0 Å². The summed E-state index contributed by atoms with van der Waals surface area (Å²) in [6, 6.07) is 7.70. The van der Waals surface area contributed by atoms with E-state index in [1.807, 2.05) is 38.1 Å². The van der Waals surface area contributed by atoms with E-state index >= 15 is 0 Å². The second-order valence-electron chi connectivity index (χ2n) is 5.43. The third-order valence-electron chi connectivity index (χ3n) is 3.46. The molecule has 0 saturated carbocycles. The van der Waals surface area contributed by atoms with Crippen molar-refractivity contribution < 1.29 is 9.59 Å². The molecule has 0 spiro atoms. The minimum Gasteiger partial charge on any atom is -0.344 e. The molecule has 0 bridgehead atoms. The molecule has 4 nitrogen and oxygen atoms in total. The van der Waals surface area contributed by atoms with Gasteiger partial charge in [0.2, 0.25) is 11.8 Å². The van der Waals surface area contributed by atoms with E-state index < -0.39 is 6.04 Å². The molecule has 0 radical (unpaired) electrons. The maximum absolute atomic E-state index is 12.5. The van der Waals surface area contributed by atoms with Crippen LogP contribution in [0.15, 0.2) is 24.3 Å². The fourth-order valence-corrected chi connectivity index (χ4v) is 2.63.